The molecule has 4 aromatic rings. The van der Waals surface area contributed by atoms with E-state index in [-0.39, 0.29) is 11.5 Å². The fourth-order valence-corrected chi connectivity index (χ4v) is 3.27. The van der Waals surface area contributed by atoms with Gasteiger partial charge in [-0.3, -0.25) is 4.79 Å². The number of halogens is 2. The number of carbonyl (C=O) groups excluding carboxylic acids is 1. The molecular formula is C18H14Cl2N8O. The summed E-state index contributed by atoms with van der Waals surface area (Å²) >= 11 is 12.4. The van der Waals surface area contributed by atoms with Crippen molar-refractivity contribution in [1.29, 1.82) is 0 Å². The Morgan fingerprint density at radius 1 is 1.07 bits per heavy atom. The maximum absolute atomic E-state index is 11.9. The van der Waals surface area contributed by atoms with Crippen LogP contribution in [-0.4, -0.2) is 35.7 Å². The van der Waals surface area contributed by atoms with Crippen LogP contribution in [0.3, 0.4) is 0 Å². The van der Waals surface area contributed by atoms with E-state index >= 15 is 0 Å². The number of amides is 1. The number of carbonyl (C=O) groups is 1. The minimum Gasteiger partial charge on any atom is -0.364 e. The smallest absolute Gasteiger partial charge is 0.273 e. The van der Waals surface area contributed by atoms with Crippen molar-refractivity contribution in [3.8, 4) is 17.1 Å². The first-order chi connectivity index (χ1) is 13.9. The van der Waals surface area contributed by atoms with E-state index < -0.39 is 5.91 Å². The molecule has 1 amide bonds. The molecule has 2 aromatic heterocycles. The van der Waals surface area contributed by atoms with Crippen molar-refractivity contribution in [2.75, 3.05) is 5.32 Å². The zero-order chi connectivity index (χ0) is 20.5. The second-order valence-corrected chi connectivity index (χ2v) is 6.90. The highest BCUT2D eigenvalue weighted by Crippen LogP contribution is 2.29. The van der Waals surface area contributed by atoms with E-state index in [1.165, 1.54) is 4.80 Å². The third-order valence-electron chi connectivity index (χ3n) is 4.10. The summed E-state index contributed by atoms with van der Waals surface area (Å²) in [6.07, 6.45) is 1.62. The molecule has 2 heterocycles. The van der Waals surface area contributed by atoms with Crippen LogP contribution in [0, 0.1) is 0 Å². The Kier molecular flexibility index (Phi) is 4.91. The zero-order valence-electron chi connectivity index (χ0n) is 15.0. The van der Waals surface area contributed by atoms with Gasteiger partial charge in [-0.25, -0.2) is 0 Å². The van der Waals surface area contributed by atoms with Gasteiger partial charge in [-0.05, 0) is 36.4 Å². The molecule has 0 bridgehead atoms. The van der Waals surface area contributed by atoms with Gasteiger partial charge in [-0.1, -0.05) is 29.3 Å². The SMILES string of the molecule is Cn1cnnc1-c1ccc(Nc2nn(-c3c(Cl)cccc3Cl)nc2C(N)=O)cc1. The fourth-order valence-electron chi connectivity index (χ4n) is 2.72. The van der Waals surface area contributed by atoms with Gasteiger partial charge in [0.1, 0.15) is 12.0 Å². The van der Waals surface area contributed by atoms with Crippen molar-refractivity contribution in [1.82, 2.24) is 29.8 Å². The molecule has 11 heteroatoms. The standard InChI is InChI=1S/C18H14Cl2N8O/c1-27-9-22-24-18(27)10-5-7-11(8-6-10)23-17-14(16(21)29)25-28(26-17)15-12(19)3-2-4-13(15)20/h2-9H,1H3,(H2,21,29)(H,23,26). The lowest BCUT2D eigenvalue weighted by molar-refractivity contribution is 0.0996. The highest BCUT2D eigenvalue weighted by atomic mass is 35.5. The lowest BCUT2D eigenvalue weighted by Crippen LogP contribution is -2.14. The van der Waals surface area contributed by atoms with E-state index in [0.29, 0.717) is 21.4 Å². The predicted molar refractivity (Wildman–Crippen MR) is 110 cm³/mol. The van der Waals surface area contributed by atoms with Crippen LogP contribution in [0.4, 0.5) is 11.5 Å². The summed E-state index contributed by atoms with van der Waals surface area (Å²) in [5, 5.41) is 20.1. The van der Waals surface area contributed by atoms with Gasteiger partial charge in [-0.2, -0.15) is 0 Å². The lowest BCUT2D eigenvalue weighted by Gasteiger charge is -2.06. The van der Waals surface area contributed by atoms with Crippen LogP contribution in [0.2, 0.25) is 10.0 Å². The molecule has 3 N–H and O–H groups in total. The Morgan fingerprint density at radius 3 is 2.34 bits per heavy atom. The van der Waals surface area contributed by atoms with Crippen LogP contribution >= 0.6 is 23.2 Å². The van der Waals surface area contributed by atoms with Gasteiger partial charge in [0.15, 0.2) is 17.3 Å². The molecule has 0 saturated heterocycles. The molecule has 0 aliphatic carbocycles. The third-order valence-corrected chi connectivity index (χ3v) is 4.71. The van der Waals surface area contributed by atoms with Crippen LogP contribution in [0.15, 0.2) is 48.8 Å². The summed E-state index contributed by atoms with van der Waals surface area (Å²) < 4.78 is 1.81. The minimum atomic E-state index is -0.738. The molecule has 0 fully saturated rings. The molecule has 0 unspecified atom stereocenters. The Bertz CT molecular complexity index is 1180. The summed E-state index contributed by atoms with van der Waals surface area (Å²) in [5.41, 5.74) is 7.33. The van der Waals surface area contributed by atoms with E-state index in [9.17, 15) is 4.79 Å². The first-order valence-electron chi connectivity index (χ1n) is 8.37. The van der Waals surface area contributed by atoms with E-state index in [1.54, 1.807) is 24.5 Å². The van der Waals surface area contributed by atoms with Crippen molar-refractivity contribution in [2.45, 2.75) is 0 Å². The van der Waals surface area contributed by atoms with Gasteiger partial charge < -0.3 is 15.6 Å². The number of nitrogens with one attached hydrogen (secondary N) is 1. The molecule has 0 aliphatic rings. The normalized spacial score (nSPS) is 10.9. The van der Waals surface area contributed by atoms with Gasteiger partial charge in [-0.15, -0.1) is 25.2 Å². The van der Waals surface area contributed by atoms with E-state index in [1.807, 2.05) is 35.9 Å². The average Bonchev–Trinajstić information content (AvgIpc) is 3.29. The van der Waals surface area contributed by atoms with Crippen molar-refractivity contribution in [2.24, 2.45) is 12.8 Å². The van der Waals surface area contributed by atoms with Gasteiger partial charge >= 0.3 is 0 Å². The maximum atomic E-state index is 11.9. The first kappa shape index (κ1) is 18.9. The first-order valence-corrected chi connectivity index (χ1v) is 9.12. The fraction of sp³-hybridized carbons (Fsp3) is 0.0556. The third kappa shape index (κ3) is 3.65. The van der Waals surface area contributed by atoms with Crippen LogP contribution in [0.25, 0.3) is 17.1 Å². The number of nitrogens with zero attached hydrogens (tertiary/aromatic N) is 6. The summed E-state index contributed by atoms with van der Waals surface area (Å²) in [5.74, 6) is 0.172. The van der Waals surface area contributed by atoms with E-state index in [0.717, 1.165) is 11.4 Å². The number of rotatable bonds is 5. The van der Waals surface area contributed by atoms with Crippen molar-refractivity contribution in [3.63, 3.8) is 0 Å². The number of nitrogens with two attached hydrogens (primary N) is 1. The Morgan fingerprint density at radius 2 is 1.76 bits per heavy atom. The highest BCUT2D eigenvalue weighted by molar-refractivity contribution is 6.37. The number of benzene rings is 2. The molecule has 0 saturated carbocycles. The number of aryl methyl sites for hydroxylation is 1. The number of primary amides is 1. The summed E-state index contributed by atoms with van der Waals surface area (Å²) in [4.78, 5) is 13.0. The van der Waals surface area contributed by atoms with Crippen LogP contribution in [0.5, 0.6) is 0 Å². The average molecular weight is 429 g/mol. The number of anilines is 2. The molecule has 0 aliphatic heterocycles. The van der Waals surface area contributed by atoms with Crippen LogP contribution in [0.1, 0.15) is 10.5 Å². The Balaban J connectivity index is 1.67. The van der Waals surface area contributed by atoms with E-state index in [4.69, 9.17) is 28.9 Å². The van der Waals surface area contributed by atoms with Gasteiger partial charge in [0.2, 0.25) is 0 Å². The van der Waals surface area contributed by atoms with Crippen LogP contribution < -0.4 is 11.1 Å². The molecule has 9 nitrogen and oxygen atoms in total. The largest absolute Gasteiger partial charge is 0.364 e. The highest BCUT2D eigenvalue weighted by Gasteiger charge is 2.20. The quantitative estimate of drug-likeness (QED) is 0.503. The number of hydrogen-bond acceptors (Lipinski definition) is 6. The summed E-state index contributed by atoms with van der Waals surface area (Å²) in [7, 11) is 1.86. The molecule has 29 heavy (non-hydrogen) atoms. The van der Waals surface area contributed by atoms with Crippen molar-refractivity contribution >= 4 is 40.6 Å². The monoisotopic (exact) mass is 428 g/mol. The van der Waals surface area contributed by atoms with Crippen molar-refractivity contribution in [3.05, 3.63) is 64.5 Å². The Labute approximate surface area is 175 Å². The molecule has 0 atom stereocenters. The Hall–Kier alpha value is -3.43. The second kappa shape index (κ2) is 7.53. The minimum absolute atomic E-state index is 0.0432. The topological polar surface area (TPSA) is 117 Å². The van der Waals surface area contributed by atoms with E-state index in [2.05, 4.69) is 25.7 Å². The van der Waals surface area contributed by atoms with Crippen LogP contribution in [-0.2, 0) is 7.05 Å². The molecular weight excluding hydrogens is 415 g/mol. The zero-order valence-corrected chi connectivity index (χ0v) is 16.6. The molecule has 4 rings (SSSR count). The number of para-hydroxylation sites is 1. The summed E-state index contributed by atoms with van der Waals surface area (Å²) in [6.45, 7) is 0. The lowest BCUT2D eigenvalue weighted by atomic mass is 10.2. The number of hydrogen-bond donors (Lipinski definition) is 2. The molecule has 2 aromatic carbocycles. The van der Waals surface area contributed by atoms with Gasteiger partial charge in [0.25, 0.3) is 5.91 Å². The van der Waals surface area contributed by atoms with Gasteiger partial charge in [0, 0.05) is 18.3 Å². The predicted octanol–water partition coefficient (Wildman–Crippen LogP) is 3.21. The second-order valence-electron chi connectivity index (χ2n) is 6.09. The molecule has 0 radical (unpaired) electrons. The number of aromatic nitrogens is 6. The van der Waals surface area contributed by atoms with Crippen molar-refractivity contribution < 1.29 is 4.79 Å². The maximum Gasteiger partial charge on any atom is 0.273 e. The van der Waals surface area contributed by atoms with Gasteiger partial charge in [0.05, 0.1) is 10.0 Å². The molecule has 0 spiro atoms. The summed E-state index contributed by atoms with van der Waals surface area (Å²) in [6, 6.07) is 12.4. The molecule has 146 valence electrons.